The number of fused-ring (bicyclic) bond motifs is 1. The second-order valence-electron chi connectivity index (χ2n) is 8.57. The molecule has 6 heteroatoms. The third-order valence-electron chi connectivity index (χ3n) is 6.06. The zero-order valence-corrected chi connectivity index (χ0v) is 17.6. The van der Waals surface area contributed by atoms with Gasteiger partial charge in [-0.1, -0.05) is 18.2 Å². The number of hydrogen-bond acceptors (Lipinski definition) is 5. The number of ketones is 1. The maximum Gasteiger partial charge on any atom is 0.231 e. The number of benzene rings is 2. The quantitative estimate of drug-likeness (QED) is 0.804. The SMILES string of the molecule is CC(C)Oc1ccc([C@@H]2CC(=O)C3=C(C2)NC(=O)C[C@@H]3c2ccc3c(c2)OCO3)cc1. The number of ether oxygens (including phenoxy) is 3. The minimum atomic E-state index is -0.256. The first-order valence-corrected chi connectivity index (χ1v) is 10.7. The number of amides is 1. The average molecular weight is 419 g/mol. The molecule has 2 aromatic rings. The zero-order chi connectivity index (χ0) is 21.5. The van der Waals surface area contributed by atoms with E-state index in [4.69, 9.17) is 14.2 Å². The van der Waals surface area contributed by atoms with Gasteiger partial charge in [-0.2, -0.15) is 0 Å². The molecular formula is C25H25NO5. The molecule has 0 bridgehead atoms. The van der Waals surface area contributed by atoms with E-state index in [1.807, 2.05) is 56.3 Å². The van der Waals surface area contributed by atoms with Crippen LogP contribution in [0.2, 0.25) is 0 Å². The van der Waals surface area contributed by atoms with Crippen LogP contribution in [-0.4, -0.2) is 24.6 Å². The fourth-order valence-corrected chi connectivity index (χ4v) is 4.70. The van der Waals surface area contributed by atoms with Crippen LogP contribution >= 0.6 is 0 Å². The van der Waals surface area contributed by atoms with Gasteiger partial charge in [0.05, 0.1) is 6.10 Å². The van der Waals surface area contributed by atoms with E-state index in [0.717, 1.165) is 28.1 Å². The monoisotopic (exact) mass is 419 g/mol. The molecule has 2 heterocycles. The van der Waals surface area contributed by atoms with Crippen molar-refractivity contribution in [3.8, 4) is 17.2 Å². The zero-order valence-electron chi connectivity index (χ0n) is 17.6. The Morgan fingerprint density at radius 1 is 0.935 bits per heavy atom. The van der Waals surface area contributed by atoms with Crippen molar-refractivity contribution >= 4 is 11.7 Å². The fraction of sp³-hybridized carbons (Fsp3) is 0.360. The molecule has 2 aromatic carbocycles. The third-order valence-corrected chi connectivity index (χ3v) is 6.06. The Kier molecular flexibility index (Phi) is 4.93. The molecule has 0 radical (unpaired) electrons. The van der Waals surface area contributed by atoms with Gasteiger partial charge in [-0.25, -0.2) is 0 Å². The predicted octanol–water partition coefficient (Wildman–Crippen LogP) is 4.21. The van der Waals surface area contributed by atoms with Crippen LogP contribution < -0.4 is 19.5 Å². The number of carbonyl (C=O) groups excluding carboxylic acids is 2. The average Bonchev–Trinajstić information content (AvgIpc) is 3.20. The molecule has 1 aliphatic carbocycles. The van der Waals surface area contributed by atoms with E-state index in [1.165, 1.54) is 0 Å². The Bertz CT molecular complexity index is 1070. The second-order valence-corrected chi connectivity index (χ2v) is 8.57. The van der Waals surface area contributed by atoms with E-state index in [-0.39, 0.29) is 42.8 Å². The summed E-state index contributed by atoms with van der Waals surface area (Å²) in [6.07, 6.45) is 1.44. The molecule has 2 atom stereocenters. The summed E-state index contributed by atoms with van der Waals surface area (Å²) >= 11 is 0. The summed E-state index contributed by atoms with van der Waals surface area (Å²) in [5.74, 6) is 1.99. The summed E-state index contributed by atoms with van der Waals surface area (Å²) in [7, 11) is 0. The summed E-state index contributed by atoms with van der Waals surface area (Å²) in [4.78, 5) is 25.8. The third kappa shape index (κ3) is 3.78. The van der Waals surface area contributed by atoms with Crippen LogP contribution in [-0.2, 0) is 9.59 Å². The van der Waals surface area contributed by atoms with Crippen LogP contribution in [0.3, 0.4) is 0 Å². The van der Waals surface area contributed by atoms with Crippen LogP contribution in [0.1, 0.15) is 56.1 Å². The fourth-order valence-electron chi connectivity index (χ4n) is 4.70. The van der Waals surface area contributed by atoms with Gasteiger partial charge in [0.15, 0.2) is 17.3 Å². The summed E-state index contributed by atoms with van der Waals surface area (Å²) in [5, 5.41) is 2.98. The van der Waals surface area contributed by atoms with Crippen molar-refractivity contribution in [1.82, 2.24) is 5.32 Å². The minimum absolute atomic E-state index is 0.0372. The molecule has 3 aliphatic rings. The number of hydrogen-bond donors (Lipinski definition) is 1. The molecule has 0 saturated carbocycles. The molecule has 0 fully saturated rings. The van der Waals surface area contributed by atoms with E-state index < -0.39 is 0 Å². The largest absolute Gasteiger partial charge is 0.491 e. The van der Waals surface area contributed by atoms with Gasteiger partial charge in [-0.3, -0.25) is 9.59 Å². The minimum Gasteiger partial charge on any atom is -0.491 e. The standard InChI is InChI=1S/C25H25NO5/c1-14(2)31-18-6-3-15(4-7-18)17-9-20-25(21(27)10-17)19(12-24(28)26-20)16-5-8-22-23(11-16)30-13-29-22/h3-8,11,14,17,19H,9-10,12-13H2,1-2H3,(H,26,28)/t17-,19+/m0/s1. The van der Waals surface area contributed by atoms with Crippen molar-refractivity contribution in [2.24, 2.45) is 0 Å². The predicted molar refractivity (Wildman–Crippen MR) is 114 cm³/mol. The van der Waals surface area contributed by atoms with Gasteiger partial charge in [-0.15, -0.1) is 0 Å². The van der Waals surface area contributed by atoms with E-state index in [1.54, 1.807) is 0 Å². The smallest absolute Gasteiger partial charge is 0.231 e. The number of allylic oxidation sites excluding steroid dienone is 2. The Morgan fingerprint density at radius 3 is 2.45 bits per heavy atom. The van der Waals surface area contributed by atoms with E-state index >= 15 is 0 Å². The van der Waals surface area contributed by atoms with Gasteiger partial charge in [0, 0.05) is 30.0 Å². The molecular weight excluding hydrogens is 394 g/mol. The lowest BCUT2D eigenvalue weighted by molar-refractivity contribution is -0.122. The van der Waals surface area contributed by atoms with Gasteiger partial charge in [0.2, 0.25) is 12.7 Å². The molecule has 1 N–H and O–H groups in total. The lowest BCUT2D eigenvalue weighted by Crippen LogP contribution is -2.38. The van der Waals surface area contributed by atoms with E-state index in [9.17, 15) is 9.59 Å². The van der Waals surface area contributed by atoms with Crippen LogP contribution in [0, 0.1) is 0 Å². The van der Waals surface area contributed by atoms with Crippen LogP contribution in [0.15, 0.2) is 53.7 Å². The molecule has 1 amide bonds. The van der Waals surface area contributed by atoms with Crippen LogP contribution in [0.25, 0.3) is 0 Å². The highest BCUT2D eigenvalue weighted by molar-refractivity contribution is 6.02. The molecule has 2 aliphatic heterocycles. The molecule has 5 rings (SSSR count). The Labute approximate surface area is 181 Å². The second kappa shape index (κ2) is 7.76. The number of Topliss-reactive ketones (excluding diaryl/α,β-unsaturated/α-hetero) is 1. The molecule has 0 unspecified atom stereocenters. The Morgan fingerprint density at radius 2 is 1.68 bits per heavy atom. The van der Waals surface area contributed by atoms with Crippen molar-refractivity contribution in [3.63, 3.8) is 0 Å². The Balaban J connectivity index is 1.43. The molecule has 31 heavy (non-hydrogen) atoms. The molecule has 0 saturated heterocycles. The van der Waals surface area contributed by atoms with Crippen molar-refractivity contribution in [2.75, 3.05) is 6.79 Å². The van der Waals surface area contributed by atoms with Crippen molar-refractivity contribution in [3.05, 3.63) is 64.9 Å². The number of nitrogens with one attached hydrogen (secondary N) is 1. The van der Waals surface area contributed by atoms with Crippen molar-refractivity contribution in [2.45, 2.75) is 51.0 Å². The molecule has 6 nitrogen and oxygen atoms in total. The number of carbonyl (C=O) groups is 2. The first-order chi connectivity index (χ1) is 15.0. The maximum atomic E-state index is 13.3. The normalized spacial score (nSPS) is 22.4. The molecule has 0 spiro atoms. The van der Waals surface area contributed by atoms with Gasteiger partial charge in [-0.05, 0) is 61.6 Å². The lowest BCUT2D eigenvalue weighted by Gasteiger charge is -2.34. The van der Waals surface area contributed by atoms with Gasteiger partial charge in [0.1, 0.15) is 5.75 Å². The molecule has 0 aromatic heterocycles. The van der Waals surface area contributed by atoms with Crippen molar-refractivity contribution < 1.29 is 23.8 Å². The van der Waals surface area contributed by atoms with Crippen molar-refractivity contribution in [1.29, 1.82) is 0 Å². The van der Waals surface area contributed by atoms with Gasteiger partial charge >= 0.3 is 0 Å². The first-order valence-electron chi connectivity index (χ1n) is 10.7. The summed E-state index contributed by atoms with van der Waals surface area (Å²) in [6.45, 7) is 4.17. The summed E-state index contributed by atoms with van der Waals surface area (Å²) in [5.41, 5.74) is 3.47. The maximum absolute atomic E-state index is 13.3. The van der Waals surface area contributed by atoms with E-state index in [0.29, 0.717) is 24.3 Å². The first kappa shape index (κ1) is 19.7. The lowest BCUT2D eigenvalue weighted by atomic mass is 9.73. The van der Waals surface area contributed by atoms with Gasteiger partial charge < -0.3 is 19.5 Å². The highest BCUT2D eigenvalue weighted by Gasteiger charge is 2.38. The topological polar surface area (TPSA) is 73.9 Å². The molecule has 160 valence electrons. The summed E-state index contributed by atoms with van der Waals surface area (Å²) < 4.78 is 16.6. The highest BCUT2D eigenvalue weighted by atomic mass is 16.7. The highest BCUT2D eigenvalue weighted by Crippen LogP contribution is 2.44. The van der Waals surface area contributed by atoms with Crippen LogP contribution in [0.4, 0.5) is 0 Å². The van der Waals surface area contributed by atoms with Crippen LogP contribution in [0.5, 0.6) is 17.2 Å². The summed E-state index contributed by atoms with van der Waals surface area (Å²) in [6, 6.07) is 13.6. The van der Waals surface area contributed by atoms with E-state index in [2.05, 4.69) is 5.32 Å². The number of rotatable bonds is 4. The Hall–Kier alpha value is -3.28. The van der Waals surface area contributed by atoms with Gasteiger partial charge in [0.25, 0.3) is 0 Å².